The van der Waals surface area contributed by atoms with Gasteiger partial charge >= 0.3 is 0 Å². The summed E-state index contributed by atoms with van der Waals surface area (Å²) in [6.45, 7) is 7.46. The van der Waals surface area contributed by atoms with Crippen LogP contribution in [0.3, 0.4) is 0 Å². The first-order chi connectivity index (χ1) is 10.2. The SMILES string of the molecule is CN=C(NCCc1c(C)noc1C)NCC1CCOCC1.I. The van der Waals surface area contributed by atoms with Crippen molar-refractivity contribution in [1.82, 2.24) is 15.8 Å². The van der Waals surface area contributed by atoms with Gasteiger partial charge in [-0.3, -0.25) is 4.99 Å². The second-order valence-electron chi connectivity index (χ2n) is 5.49. The molecule has 0 atom stereocenters. The second kappa shape index (κ2) is 10.0. The van der Waals surface area contributed by atoms with Crippen molar-refractivity contribution in [2.75, 3.05) is 33.4 Å². The first-order valence-electron chi connectivity index (χ1n) is 7.64. The van der Waals surface area contributed by atoms with Crippen molar-refractivity contribution >= 4 is 29.9 Å². The van der Waals surface area contributed by atoms with Gasteiger partial charge in [0.25, 0.3) is 0 Å². The van der Waals surface area contributed by atoms with Crippen LogP contribution in [0.25, 0.3) is 0 Å². The Labute approximate surface area is 149 Å². The van der Waals surface area contributed by atoms with Crippen LogP contribution in [0.1, 0.15) is 29.9 Å². The number of halogens is 1. The summed E-state index contributed by atoms with van der Waals surface area (Å²) in [4.78, 5) is 4.26. The summed E-state index contributed by atoms with van der Waals surface area (Å²) in [7, 11) is 1.80. The Morgan fingerprint density at radius 1 is 1.27 bits per heavy atom. The molecule has 0 unspecified atom stereocenters. The predicted molar refractivity (Wildman–Crippen MR) is 98.0 cm³/mol. The van der Waals surface area contributed by atoms with Crippen molar-refractivity contribution in [2.45, 2.75) is 33.1 Å². The molecule has 2 heterocycles. The van der Waals surface area contributed by atoms with Gasteiger partial charge in [-0.05, 0) is 39.0 Å². The summed E-state index contributed by atoms with van der Waals surface area (Å²) in [5.74, 6) is 2.44. The number of aryl methyl sites for hydroxylation is 2. The lowest BCUT2D eigenvalue weighted by Gasteiger charge is -2.23. The average molecular weight is 422 g/mol. The van der Waals surface area contributed by atoms with Gasteiger partial charge in [-0.2, -0.15) is 0 Å². The highest BCUT2D eigenvalue weighted by atomic mass is 127. The van der Waals surface area contributed by atoms with Gasteiger partial charge in [-0.15, -0.1) is 24.0 Å². The quantitative estimate of drug-likeness (QED) is 0.432. The van der Waals surface area contributed by atoms with E-state index in [0.29, 0.717) is 5.92 Å². The van der Waals surface area contributed by atoms with E-state index in [9.17, 15) is 0 Å². The third-order valence-corrected chi connectivity index (χ3v) is 3.97. The smallest absolute Gasteiger partial charge is 0.190 e. The van der Waals surface area contributed by atoms with E-state index < -0.39 is 0 Å². The monoisotopic (exact) mass is 422 g/mol. The molecular formula is C15H27IN4O2. The van der Waals surface area contributed by atoms with E-state index in [1.54, 1.807) is 7.05 Å². The molecule has 1 saturated heterocycles. The molecule has 1 fully saturated rings. The molecule has 0 bridgehead atoms. The molecule has 0 spiro atoms. The minimum Gasteiger partial charge on any atom is -0.381 e. The first kappa shape index (κ1) is 19.2. The van der Waals surface area contributed by atoms with E-state index in [-0.39, 0.29) is 24.0 Å². The highest BCUT2D eigenvalue weighted by Crippen LogP contribution is 2.13. The molecule has 1 aromatic rings. The fraction of sp³-hybridized carbons (Fsp3) is 0.733. The fourth-order valence-corrected chi connectivity index (χ4v) is 2.58. The fourth-order valence-electron chi connectivity index (χ4n) is 2.58. The van der Waals surface area contributed by atoms with Gasteiger partial charge in [-0.1, -0.05) is 5.16 Å². The van der Waals surface area contributed by atoms with E-state index in [4.69, 9.17) is 9.26 Å². The number of aliphatic imine (C=N–C) groups is 1. The Hall–Kier alpha value is -0.830. The lowest BCUT2D eigenvalue weighted by molar-refractivity contribution is 0.0675. The predicted octanol–water partition coefficient (Wildman–Crippen LogP) is 2.04. The van der Waals surface area contributed by atoms with Gasteiger partial charge in [-0.25, -0.2) is 0 Å². The van der Waals surface area contributed by atoms with Gasteiger partial charge in [0.05, 0.1) is 5.69 Å². The van der Waals surface area contributed by atoms with E-state index in [1.807, 2.05) is 13.8 Å². The summed E-state index contributed by atoms with van der Waals surface area (Å²) in [6, 6.07) is 0. The number of nitrogens with zero attached hydrogens (tertiary/aromatic N) is 2. The molecule has 0 aromatic carbocycles. The largest absolute Gasteiger partial charge is 0.381 e. The summed E-state index contributed by atoms with van der Waals surface area (Å²) in [6.07, 6.45) is 3.14. The summed E-state index contributed by atoms with van der Waals surface area (Å²) < 4.78 is 10.5. The zero-order valence-corrected chi connectivity index (χ0v) is 16.0. The molecule has 1 aliphatic rings. The zero-order valence-electron chi connectivity index (χ0n) is 13.6. The molecule has 126 valence electrons. The molecule has 2 rings (SSSR count). The Bertz CT molecular complexity index is 451. The maximum Gasteiger partial charge on any atom is 0.190 e. The van der Waals surface area contributed by atoms with Crippen LogP contribution in [-0.4, -0.2) is 44.5 Å². The van der Waals surface area contributed by atoms with Crippen LogP contribution in [0.2, 0.25) is 0 Å². The summed E-state index contributed by atoms with van der Waals surface area (Å²) in [5.41, 5.74) is 2.15. The first-order valence-corrected chi connectivity index (χ1v) is 7.64. The average Bonchev–Trinajstić information content (AvgIpc) is 2.83. The van der Waals surface area contributed by atoms with Crippen molar-refractivity contribution in [3.05, 3.63) is 17.0 Å². The Morgan fingerprint density at radius 2 is 2.00 bits per heavy atom. The third kappa shape index (κ3) is 5.75. The number of guanidine groups is 1. The minimum atomic E-state index is 0. The van der Waals surface area contributed by atoms with Gasteiger partial charge in [0.2, 0.25) is 0 Å². The number of aromatic nitrogens is 1. The van der Waals surface area contributed by atoms with Crippen LogP contribution in [0, 0.1) is 19.8 Å². The Balaban J connectivity index is 0.00000242. The Kier molecular flexibility index (Phi) is 8.77. The minimum absolute atomic E-state index is 0. The number of nitrogens with one attached hydrogen (secondary N) is 2. The van der Waals surface area contributed by atoms with Crippen LogP contribution in [0.5, 0.6) is 0 Å². The van der Waals surface area contributed by atoms with Gasteiger partial charge < -0.3 is 19.9 Å². The van der Waals surface area contributed by atoms with Crippen LogP contribution >= 0.6 is 24.0 Å². The third-order valence-electron chi connectivity index (χ3n) is 3.97. The standard InChI is InChI=1S/C15H26N4O2.HI/c1-11-14(12(2)21-19-11)4-7-17-15(16-3)18-10-13-5-8-20-9-6-13;/h13H,4-10H2,1-3H3,(H2,16,17,18);1H. The number of rotatable bonds is 5. The normalized spacial score (nSPS) is 16.2. The number of hydrogen-bond acceptors (Lipinski definition) is 4. The Morgan fingerprint density at radius 3 is 2.59 bits per heavy atom. The van der Waals surface area contributed by atoms with Gasteiger partial charge in [0.15, 0.2) is 5.96 Å². The van der Waals surface area contributed by atoms with Crippen molar-refractivity contribution in [3.8, 4) is 0 Å². The topological polar surface area (TPSA) is 71.7 Å². The zero-order chi connectivity index (χ0) is 15.1. The lowest BCUT2D eigenvalue weighted by Crippen LogP contribution is -2.41. The van der Waals surface area contributed by atoms with E-state index in [1.165, 1.54) is 5.56 Å². The van der Waals surface area contributed by atoms with Crippen LogP contribution < -0.4 is 10.6 Å². The molecular weight excluding hydrogens is 395 g/mol. The van der Waals surface area contributed by atoms with Crippen LogP contribution in [-0.2, 0) is 11.2 Å². The molecule has 0 saturated carbocycles. The van der Waals surface area contributed by atoms with E-state index in [2.05, 4.69) is 20.8 Å². The van der Waals surface area contributed by atoms with Crippen molar-refractivity contribution < 1.29 is 9.26 Å². The van der Waals surface area contributed by atoms with Gasteiger partial charge in [0, 0.05) is 38.9 Å². The van der Waals surface area contributed by atoms with E-state index in [0.717, 1.165) is 63.0 Å². The second-order valence-corrected chi connectivity index (χ2v) is 5.49. The van der Waals surface area contributed by atoms with Crippen LogP contribution in [0.4, 0.5) is 0 Å². The maximum atomic E-state index is 5.37. The molecule has 1 aliphatic heterocycles. The highest BCUT2D eigenvalue weighted by Gasteiger charge is 2.14. The number of hydrogen-bond donors (Lipinski definition) is 2. The number of ether oxygens (including phenoxy) is 1. The molecule has 0 amide bonds. The molecule has 2 N–H and O–H groups in total. The molecule has 1 aromatic heterocycles. The summed E-state index contributed by atoms with van der Waals surface area (Å²) in [5, 5.41) is 10.7. The lowest BCUT2D eigenvalue weighted by atomic mass is 10.0. The van der Waals surface area contributed by atoms with Crippen molar-refractivity contribution in [3.63, 3.8) is 0 Å². The maximum absolute atomic E-state index is 5.37. The summed E-state index contributed by atoms with van der Waals surface area (Å²) >= 11 is 0. The van der Waals surface area contributed by atoms with Gasteiger partial charge in [0.1, 0.15) is 5.76 Å². The van der Waals surface area contributed by atoms with Crippen molar-refractivity contribution in [1.29, 1.82) is 0 Å². The molecule has 0 radical (unpaired) electrons. The highest BCUT2D eigenvalue weighted by molar-refractivity contribution is 14.0. The molecule has 0 aliphatic carbocycles. The van der Waals surface area contributed by atoms with E-state index >= 15 is 0 Å². The van der Waals surface area contributed by atoms with Crippen molar-refractivity contribution in [2.24, 2.45) is 10.9 Å². The molecule has 6 nitrogen and oxygen atoms in total. The molecule has 7 heteroatoms. The van der Waals surface area contributed by atoms with Crippen LogP contribution in [0.15, 0.2) is 9.52 Å². The molecule has 22 heavy (non-hydrogen) atoms.